The maximum Gasteiger partial charge on any atom is 0.169 e. The van der Waals surface area contributed by atoms with E-state index in [-0.39, 0.29) is 12.4 Å². The van der Waals surface area contributed by atoms with Gasteiger partial charge in [0.25, 0.3) is 0 Å². The van der Waals surface area contributed by atoms with Crippen molar-refractivity contribution in [3.63, 3.8) is 0 Å². The molecule has 0 spiro atoms. The van der Waals surface area contributed by atoms with Crippen molar-refractivity contribution >= 4 is 11.3 Å². The second kappa shape index (κ2) is 7.46. The highest BCUT2D eigenvalue weighted by molar-refractivity contribution is 6.03. The van der Waals surface area contributed by atoms with Crippen molar-refractivity contribution in [2.75, 3.05) is 13.7 Å². The summed E-state index contributed by atoms with van der Waals surface area (Å²) in [6, 6.07) is 13.3. The Morgan fingerprint density at radius 3 is 2.40 bits per heavy atom. The van der Waals surface area contributed by atoms with Crippen LogP contribution in [0.25, 0.3) is 5.57 Å². The average molecular weight is 342 g/mol. The lowest BCUT2D eigenvalue weighted by molar-refractivity contribution is 0.0433. The third-order valence-electron chi connectivity index (χ3n) is 3.98. The minimum atomic E-state index is -0.997. The molecule has 0 fully saturated rings. The molecule has 0 aromatic heterocycles. The standard InChI is InChI=1S/C19H19FN2O3/c1-25-17-8-2-13(3-9-17)11-22-19(24)18(10-16(12-23)21-22)14-4-6-15(20)7-5-14/h2-10,19,23-24H,11-12H2,1H3. The Hall–Kier alpha value is -2.70. The van der Waals surface area contributed by atoms with E-state index in [0.29, 0.717) is 23.4 Å². The number of hydrogen-bond acceptors (Lipinski definition) is 5. The maximum absolute atomic E-state index is 13.2. The lowest BCUT2D eigenvalue weighted by Gasteiger charge is -2.31. The second-order valence-corrected chi connectivity index (χ2v) is 5.68. The smallest absolute Gasteiger partial charge is 0.169 e. The van der Waals surface area contributed by atoms with Crippen LogP contribution >= 0.6 is 0 Å². The number of aliphatic hydroxyl groups is 2. The topological polar surface area (TPSA) is 65.3 Å². The molecule has 5 nitrogen and oxygen atoms in total. The van der Waals surface area contributed by atoms with Gasteiger partial charge in [0.2, 0.25) is 0 Å². The van der Waals surface area contributed by atoms with Crippen LogP contribution in [0.1, 0.15) is 11.1 Å². The maximum atomic E-state index is 13.2. The molecule has 25 heavy (non-hydrogen) atoms. The van der Waals surface area contributed by atoms with Crippen LogP contribution in [0, 0.1) is 5.82 Å². The first-order valence-electron chi connectivity index (χ1n) is 7.84. The van der Waals surface area contributed by atoms with E-state index in [4.69, 9.17) is 4.74 Å². The molecule has 2 aromatic rings. The Labute approximate surface area is 145 Å². The molecule has 1 aliphatic heterocycles. The number of hydrazone groups is 1. The number of halogens is 1. The van der Waals surface area contributed by atoms with Gasteiger partial charge in [-0.05, 0) is 41.5 Å². The fourth-order valence-corrected chi connectivity index (χ4v) is 2.65. The Morgan fingerprint density at radius 1 is 1.12 bits per heavy atom. The molecule has 0 aliphatic carbocycles. The molecule has 2 N–H and O–H groups in total. The summed E-state index contributed by atoms with van der Waals surface area (Å²) in [6.07, 6.45) is 0.630. The number of hydrogen-bond donors (Lipinski definition) is 2. The largest absolute Gasteiger partial charge is 0.497 e. The van der Waals surface area contributed by atoms with Gasteiger partial charge in [0, 0.05) is 5.57 Å². The molecule has 0 saturated carbocycles. The molecule has 0 bridgehead atoms. The fraction of sp³-hybridized carbons (Fsp3) is 0.211. The first-order valence-corrected chi connectivity index (χ1v) is 7.84. The molecule has 1 unspecified atom stereocenters. The van der Waals surface area contributed by atoms with Crippen LogP contribution in [0.5, 0.6) is 5.75 Å². The van der Waals surface area contributed by atoms with E-state index in [1.54, 1.807) is 25.3 Å². The van der Waals surface area contributed by atoms with Crippen LogP contribution in [0.2, 0.25) is 0 Å². The van der Waals surface area contributed by atoms with Crippen molar-refractivity contribution < 1.29 is 19.3 Å². The van der Waals surface area contributed by atoms with Crippen molar-refractivity contribution in [2.45, 2.75) is 12.8 Å². The summed E-state index contributed by atoms with van der Waals surface area (Å²) in [5.41, 5.74) is 2.60. The third kappa shape index (κ3) is 3.87. The first-order chi connectivity index (χ1) is 12.1. The van der Waals surface area contributed by atoms with E-state index in [9.17, 15) is 14.6 Å². The van der Waals surface area contributed by atoms with E-state index >= 15 is 0 Å². The molecule has 1 atom stereocenters. The zero-order chi connectivity index (χ0) is 17.8. The summed E-state index contributed by atoms with van der Waals surface area (Å²) in [5.74, 6) is 0.398. The number of benzene rings is 2. The number of ether oxygens (including phenoxy) is 1. The molecule has 2 aromatic carbocycles. The van der Waals surface area contributed by atoms with Crippen molar-refractivity contribution in [3.8, 4) is 5.75 Å². The van der Waals surface area contributed by atoms with Crippen LogP contribution < -0.4 is 4.74 Å². The zero-order valence-electron chi connectivity index (χ0n) is 13.8. The van der Waals surface area contributed by atoms with E-state index in [2.05, 4.69) is 5.10 Å². The van der Waals surface area contributed by atoms with Gasteiger partial charge in [-0.2, -0.15) is 5.10 Å². The third-order valence-corrected chi connectivity index (χ3v) is 3.98. The van der Waals surface area contributed by atoms with Gasteiger partial charge in [0.1, 0.15) is 11.6 Å². The normalized spacial score (nSPS) is 17.1. The molecule has 3 rings (SSSR count). The Kier molecular flexibility index (Phi) is 5.11. The minimum Gasteiger partial charge on any atom is -0.497 e. The Bertz CT molecular complexity index is 785. The molecule has 6 heteroatoms. The number of methoxy groups -OCH3 is 1. The summed E-state index contributed by atoms with van der Waals surface area (Å²) in [5, 5.41) is 25.9. The van der Waals surface area contributed by atoms with Crippen LogP contribution in [0.4, 0.5) is 4.39 Å². The summed E-state index contributed by atoms with van der Waals surface area (Å²) in [7, 11) is 1.60. The van der Waals surface area contributed by atoms with Crippen molar-refractivity contribution in [1.82, 2.24) is 5.01 Å². The highest BCUT2D eigenvalue weighted by atomic mass is 19.1. The molecule has 1 heterocycles. The van der Waals surface area contributed by atoms with Crippen molar-refractivity contribution in [3.05, 3.63) is 71.6 Å². The molecule has 0 radical (unpaired) electrons. The van der Waals surface area contributed by atoms with Crippen molar-refractivity contribution in [1.29, 1.82) is 0 Å². The van der Waals surface area contributed by atoms with Gasteiger partial charge in [-0.3, -0.25) is 5.01 Å². The van der Waals surface area contributed by atoms with E-state index in [1.165, 1.54) is 17.1 Å². The molecule has 0 saturated heterocycles. The highest BCUT2D eigenvalue weighted by Crippen LogP contribution is 2.27. The summed E-state index contributed by atoms with van der Waals surface area (Å²) in [4.78, 5) is 0. The van der Waals surface area contributed by atoms with E-state index in [1.807, 2.05) is 24.3 Å². The van der Waals surface area contributed by atoms with Crippen LogP contribution in [0.15, 0.2) is 59.7 Å². The van der Waals surface area contributed by atoms with Gasteiger partial charge in [-0.25, -0.2) is 4.39 Å². The lowest BCUT2D eigenvalue weighted by Crippen LogP contribution is -2.36. The molecular formula is C19H19FN2O3. The zero-order valence-corrected chi connectivity index (χ0v) is 13.8. The number of aliphatic hydroxyl groups excluding tert-OH is 2. The van der Waals surface area contributed by atoms with E-state index in [0.717, 1.165) is 11.3 Å². The molecule has 1 aliphatic rings. The molecule has 130 valence electrons. The van der Waals surface area contributed by atoms with Crippen LogP contribution in [-0.2, 0) is 6.54 Å². The Morgan fingerprint density at radius 2 is 1.80 bits per heavy atom. The summed E-state index contributed by atoms with van der Waals surface area (Å²) >= 11 is 0. The van der Waals surface area contributed by atoms with Gasteiger partial charge in [0.15, 0.2) is 6.23 Å². The van der Waals surface area contributed by atoms with Crippen LogP contribution in [0.3, 0.4) is 0 Å². The molecular weight excluding hydrogens is 323 g/mol. The number of rotatable bonds is 5. The first kappa shape index (κ1) is 17.1. The average Bonchev–Trinajstić information content (AvgIpc) is 2.65. The Balaban J connectivity index is 1.86. The quantitative estimate of drug-likeness (QED) is 0.876. The predicted molar refractivity (Wildman–Crippen MR) is 93.4 cm³/mol. The fourth-order valence-electron chi connectivity index (χ4n) is 2.65. The predicted octanol–water partition coefficient (Wildman–Crippen LogP) is 2.40. The minimum absolute atomic E-state index is 0.253. The number of nitrogens with zero attached hydrogens (tertiary/aromatic N) is 2. The monoisotopic (exact) mass is 342 g/mol. The summed E-state index contributed by atoms with van der Waals surface area (Å²) < 4.78 is 18.3. The van der Waals surface area contributed by atoms with Crippen molar-refractivity contribution in [2.24, 2.45) is 5.10 Å². The van der Waals surface area contributed by atoms with Gasteiger partial charge in [-0.15, -0.1) is 0 Å². The van der Waals surface area contributed by atoms with Gasteiger partial charge < -0.3 is 14.9 Å². The van der Waals surface area contributed by atoms with Gasteiger partial charge in [0.05, 0.1) is 26.0 Å². The highest BCUT2D eigenvalue weighted by Gasteiger charge is 2.25. The molecule has 0 amide bonds. The summed E-state index contributed by atoms with van der Waals surface area (Å²) in [6.45, 7) is 0.101. The SMILES string of the molecule is COc1ccc(CN2N=C(CO)C=C(c3ccc(F)cc3)C2O)cc1. The van der Waals surface area contributed by atoms with Gasteiger partial charge in [-0.1, -0.05) is 24.3 Å². The van der Waals surface area contributed by atoms with E-state index < -0.39 is 6.23 Å². The second-order valence-electron chi connectivity index (χ2n) is 5.68. The van der Waals surface area contributed by atoms with Gasteiger partial charge >= 0.3 is 0 Å². The van der Waals surface area contributed by atoms with Crippen LogP contribution in [-0.4, -0.2) is 40.9 Å². The lowest BCUT2D eigenvalue weighted by atomic mass is 10.0.